The van der Waals surface area contributed by atoms with Gasteiger partial charge in [-0.3, -0.25) is 4.79 Å². The van der Waals surface area contributed by atoms with Crippen molar-refractivity contribution in [3.05, 3.63) is 51.3 Å². The monoisotopic (exact) mass is 424 g/mol. The summed E-state index contributed by atoms with van der Waals surface area (Å²) in [6.07, 6.45) is 0.442. The highest BCUT2D eigenvalue weighted by Crippen LogP contribution is 2.43. The summed E-state index contributed by atoms with van der Waals surface area (Å²) in [6.45, 7) is 6.68. The molecule has 0 saturated carbocycles. The van der Waals surface area contributed by atoms with E-state index < -0.39 is 0 Å². The number of thiophene rings is 1. The molecule has 1 amide bonds. The molecule has 29 heavy (non-hydrogen) atoms. The van der Waals surface area contributed by atoms with Gasteiger partial charge in [-0.05, 0) is 51.1 Å². The fourth-order valence-electron chi connectivity index (χ4n) is 3.81. The number of nitrogens with zero attached hydrogens (tertiary/aromatic N) is 3. The molecule has 1 aliphatic heterocycles. The quantitative estimate of drug-likeness (QED) is 0.499. The highest BCUT2D eigenvalue weighted by molar-refractivity contribution is 7.20. The number of hydrogen-bond donors (Lipinski definition) is 1. The fourth-order valence-corrected chi connectivity index (χ4v) is 5.75. The molecule has 0 radical (unpaired) electrons. The zero-order valence-electron chi connectivity index (χ0n) is 16.4. The number of rotatable bonds is 4. The molecule has 0 unspecified atom stereocenters. The van der Waals surface area contributed by atoms with Crippen LogP contribution in [0.3, 0.4) is 0 Å². The lowest BCUT2D eigenvalue weighted by atomic mass is 9.91. The van der Waals surface area contributed by atoms with Gasteiger partial charge < -0.3 is 10.1 Å². The van der Waals surface area contributed by atoms with Gasteiger partial charge in [0.15, 0.2) is 0 Å². The van der Waals surface area contributed by atoms with E-state index >= 15 is 0 Å². The number of amides is 1. The molecule has 1 N–H and O–H groups in total. The molecule has 4 aromatic rings. The lowest BCUT2D eigenvalue weighted by Crippen LogP contribution is -2.24. The van der Waals surface area contributed by atoms with Gasteiger partial charge in [-0.2, -0.15) is 9.78 Å². The van der Waals surface area contributed by atoms with E-state index in [4.69, 9.17) is 14.8 Å². The summed E-state index contributed by atoms with van der Waals surface area (Å²) in [4.78, 5) is 19.7. The number of aryl methyl sites for hydroxylation is 2. The topological polar surface area (TPSA) is 69.0 Å². The Morgan fingerprint density at radius 1 is 1.24 bits per heavy atom. The summed E-state index contributed by atoms with van der Waals surface area (Å²) in [5, 5.41) is 8.53. The lowest BCUT2D eigenvalue weighted by Gasteiger charge is -2.22. The van der Waals surface area contributed by atoms with Crippen LogP contribution in [-0.2, 0) is 4.79 Å². The number of carbonyl (C=O) groups excluding carboxylic acids is 1. The van der Waals surface area contributed by atoms with E-state index in [0.29, 0.717) is 13.0 Å². The van der Waals surface area contributed by atoms with Crippen LogP contribution in [0.4, 0.5) is 5.82 Å². The molecule has 0 saturated heterocycles. The first-order valence-corrected chi connectivity index (χ1v) is 11.2. The van der Waals surface area contributed by atoms with Gasteiger partial charge in [0.05, 0.1) is 22.5 Å². The molecule has 1 atom stereocenters. The molecular weight excluding hydrogens is 404 g/mol. The van der Waals surface area contributed by atoms with E-state index in [1.165, 1.54) is 21.1 Å². The Kier molecular flexibility index (Phi) is 4.40. The van der Waals surface area contributed by atoms with Gasteiger partial charge in [-0.15, -0.1) is 11.3 Å². The number of hydrogen-bond acceptors (Lipinski definition) is 6. The number of anilines is 1. The van der Waals surface area contributed by atoms with E-state index in [2.05, 4.69) is 24.4 Å². The number of benzene rings is 1. The van der Waals surface area contributed by atoms with Crippen LogP contribution in [0.15, 0.2) is 30.3 Å². The summed E-state index contributed by atoms with van der Waals surface area (Å²) in [5.41, 5.74) is 2.90. The Morgan fingerprint density at radius 3 is 2.86 bits per heavy atom. The van der Waals surface area contributed by atoms with E-state index in [1.54, 1.807) is 16.0 Å². The average molecular weight is 425 g/mol. The summed E-state index contributed by atoms with van der Waals surface area (Å²) in [6, 6.07) is 10.1. The van der Waals surface area contributed by atoms with Crippen LogP contribution in [0.2, 0.25) is 0 Å². The smallest absolute Gasteiger partial charge is 0.226 e. The predicted molar refractivity (Wildman–Crippen MR) is 117 cm³/mol. The van der Waals surface area contributed by atoms with Crippen LogP contribution < -0.4 is 10.1 Å². The molecule has 4 heterocycles. The van der Waals surface area contributed by atoms with Crippen LogP contribution in [-0.4, -0.2) is 27.3 Å². The minimum atomic E-state index is 0.00875. The Morgan fingerprint density at radius 2 is 2.10 bits per heavy atom. The van der Waals surface area contributed by atoms with Gasteiger partial charge in [0.1, 0.15) is 11.6 Å². The third-order valence-corrected chi connectivity index (χ3v) is 7.16. The largest absolute Gasteiger partial charge is 0.494 e. The second kappa shape index (κ2) is 6.96. The Hall–Kier alpha value is -2.71. The van der Waals surface area contributed by atoms with Crippen LogP contribution in [0, 0.1) is 13.8 Å². The predicted octanol–water partition coefficient (Wildman–Crippen LogP) is 5.03. The maximum atomic E-state index is 12.5. The van der Waals surface area contributed by atoms with Crippen LogP contribution in [0.1, 0.15) is 40.3 Å². The van der Waals surface area contributed by atoms with Gasteiger partial charge in [-0.1, -0.05) is 11.3 Å². The standard InChI is InChI=1S/C21H20N4O2S2/c1-4-27-13-6-7-15-17(9-13)29-21(22-15)25-20-19(12(3)24-25)14(10-18(26)23-20)16-8-5-11(2)28-16/h5-9,14H,4,10H2,1-3H3,(H,23,26)/t14-/m1/s1. The van der Waals surface area contributed by atoms with Gasteiger partial charge in [0, 0.05) is 27.7 Å². The summed E-state index contributed by atoms with van der Waals surface area (Å²) >= 11 is 3.28. The summed E-state index contributed by atoms with van der Waals surface area (Å²) < 4.78 is 8.41. The number of fused-ring (bicyclic) bond motifs is 2. The fraction of sp³-hybridized carbons (Fsp3) is 0.286. The van der Waals surface area contributed by atoms with Crippen molar-refractivity contribution in [2.75, 3.05) is 11.9 Å². The van der Waals surface area contributed by atoms with Crippen molar-refractivity contribution in [3.63, 3.8) is 0 Å². The molecule has 148 valence electrons. The molecular formula is C21H20N4O2S2. The van der Waals surface area contributed by atoms with Gasteiger partial charge >= 0.3 is 0 Å². The van der Waals surface area contributed by atoms with E-state index in [1.807, 2.05) is 32.0 Å². The normalized spacial score (nSPS) is 16.1. The summed E-state index contributed by atoms with van der Waals surface area (Å²) in [7, 11) is 0. The first kappa shape index (κ1) is 18.3. The van der Waals surface area contributed by atoms with Crippen LogP contribution >= 0.6 is 22.7 Å². The Labute approximate surface area is 176 Å². The van der Waals surface area contributed by atoms with Crippen molar-refractivity contribution in [2.24, 2.45) is 0 Å². The highest BCUT2D eigenvalue weighted by atomic mass is 32.1. The molecule has 0 fully saturated rings. The minimum absolute atomic E-state index is 0.00875. The maximum Gasteiger partial charge on any atom is 0.226 e. The lowest BCUT2D eigenvalue weighted by molar-refractivity contribution is -0.116. The second-order valence-electron chi connectivity index (χ2n) is 7.07. The van der Waals surface area contributed by atoms with Crippen molar-refractivity contribution >= 4 is 44.6 Å². The van der Waals surface area contributed by atoms with Crippen LogP contribution in [0.25, 0.3) is 15.3 Å². The molecule has 1 aliphatic rings. The van der Waals surface area contributed by atoms with Gasteiger partial charge in [0.25, 0.3) is 0 Å². The van der Waals surface area contributed by atoms with E-state index in [0.717, 1.165) is 38.2 Å². The molecule has 6 nitrogen and oxygen atoms in total. The maximum absolute atomic E-state index is 12.5. The SMILES string of the molecule is CCOc1ccc2nc(-n3nc(C)c4c3NC(=O)C[C@@H]4c3ccc(C)s3)sc2c1. The highest BCUT2D eigenvalue weighted by Gasteiger charge is 2.34. The van der Waals surface area contributed by atoms with Crippen molar-refractivity contribution < 1.29 is 9.53 Å². The average Bonchev–Trinajstić information content (AvgIpc) is 3.38. The van der Waals surface area contributed by atoms with Crippen molar-refractivity contribution in [2.45, 2.75) is 33.1 Å². The minimum Gasteiger partial charge on any atom is -0.494 e. The van der Waals surface area contributed by atoms with E-state index in [9.17, 15) is 4.79 Å². The molecule has 1 aromatic carbocycles. The molecule has 5 rings (SSSR count). The Bertz CT molecular complexity index is 1240. The molecule has 8 heteroatoms. The zero-order chi connectivity index (χ0) is 20.1. The van der Waals surface area contributed by atoms with Crippen molar-refractivity contribution in [3.8, 4) is 10.9 Å². The molecule has 0 spiro atoms. The Balaban J connectivity index is 1.62. The first-order chi connectivity index (χ1) is 14.0. The molecule has 0 aliphatic carbocycles. The number of ether oxygens (including phenoxy) is 1. The third kappa shape index (κ3) is 3.12. The van der Waals surface area contributed by atoms with E-state index in [-0.39, 0.29) is 11.8 Å². The van der Waals surface area contributed by atoms with Crippen molar-refractivity contribution in [1.29, 1.82) is 0 Å². The zero-order valence-corrected chi connectivity index (χ0v) is 18.0. The van der Waals surface area contributed by atoms with Crippen LogP contribution in [0.5, 0.6) is 5.75 Å². The molecule has 3 aromatic heterocycles. The molecule has 0 bridgehead atoms. The number of aromatic nitrogens is 3. The van der Waals surface area contributed by atoms with Gasteiger partial charge in [-0.25, -0.2) is 4.98 Å². The van der Waals surface area contributed by atoms with Crippen molar-refractivity contribution in [1.82, 2.24) is 14.8 Å². The number of carbonyl (C=O) groups is 1. The summed E-state index contributed by atoms with van der Waals surface area (Å²) in [5.74, 6) is 1.61. The first-order valence-electron chi connectivity index (χ1n) is 9.53. The van der Waals surface area contributed by atoms with Gasteiger partial charge in [0.2, 0.25) is 11.0 Å². The number of thiazole rings is 1. The third-order valence-electron chi connectivity index (χ3n) is 5.05. The number of nitrogens with one attached hydrogen (secondary N) is 1. The second-order valence-corrected chi connectivity index (χ2v) is 9.40.